The van der Waals surface area contributed by atoms with E-state index < -0.39 is 6.04 Å². The number of benzene rings is 2. The Kier molecular flexibility index (Phi) is 9.26. The Morgan fingerprint density at radius 2 is 1.78 bits per heavy atom. The molecule has 32 heavy (non-hydrogen) atoms. The predicted octanol–water partition coefficient (Wildman–Crippen LogP) is 5.84. The summed E-state index contributed by atoms with van der Waals surface area (Å²) in [5.41, 5.74) is 1.14. The summed E-state index contributed by atoms with van der Waals surface area (Å²) in [6, 6.07) is 11.1. The molecule has 8 heteroatoms. The molecular weight excluding hydrogens is 470 g/mol. The smallest absolute Gasteiger partial charge is 0.242 e. The standard InChI is InChI=1S/C24H27Cl2FN2O2S/c1-16(24(31)28-18-8-3-4-9-18)29(13-19-20(25)10-6-11-21(19)26)23(30)15-32-14-17-7-2-5-12-22(17)27/h2,5-7,10-12,16,18H,3-4,8-9,13-15H2,1H3,(H,28,31). The fourth-order valence-corrected chi connectivity index (χ4v) is 5.19. The van der Waals surface area contributed by atoms with Crippen molar-refractivity contribution in [3.8, 4) is 0 Å². The SMILES string of the molecule is CC(C(=O)NC1CCCC1)N(Cc1c(Cl)cccc1Cl)C(=O)CSCc1ccccc1F. The molecule has 1 N–H and O–H groups in total. The van der Waals surface area contributed by atoms with E-state index in [1.54, 1.807) is 43.3 Å². The maximum Gasteiger partial charge on any atom is 0.242 e. The Morgan fingerprint density at radius 3 is 2.44 bits per heavy atom. The Hall–Kier alpha value is -1.76. The van der Waals surface area contributed by atoms with Crippen LogP contribution >= 0.6 is 35.0 Å². The average Bonchev–Trinajstić information content (AvgIpc) is 3.27. The second-order valence-electron chi connectivity index (χ2n) is 7.97. The number of carbonyl (C=O) groups is 2. The highest BCUT2D eigenvalue weighted by Crippen LogP contribution is 2.27. The lowest BCUT2D eigenvalue weighted by Gasteiger charge is -2.30. The minimum atomic E-state index is -0.690. The summed E-state index contributed by atoms with van der Waals surface area (Å²) in [6.45, 7) is 1.84. The molecule has 2 aromatic rings. The van der Waals surface area contributed by atoms with E-state index in [2.05, 4.69) is 5.32 Å². The lowest BCUT2D eigenvalue weighted by molar-refractivity contribution is -0.138. The number of halogens is 3. The number of carbonyl (C=O) groups excluding carboxylic acids is 2. The van der Waals surface area contributed by atoms with Gasteiger partial charge in [-0.1, -0.05) is 60.3 Å². The highest BCUT2D eigenvalue weighted by molar-refractivity contribution is 7.99. The quantitative estimate of drug-likeness (QED) is 0.474. The molecule has 1 saturated carbocycles. The summed E-state index contributed by atoms with van der Waals surface area (Å²) >= 11 is 14.0. The van der Waals surface area contributed by atoms with E-state index in [1.807, 2.05) is 0 Å². The number of nitrogens with one attached hydrogen (secondary N) is 1. The Morgan fingerprint density at radius 1 is 1.12 bits per heavy atom. The summed E-state index contributed by atoms with van der Waals surface area (Å²) < 4.78 is 13.9. The summed E-state index contributed by atoms with van der Waals surface area (Å²) in [6.07, 6.45) is 4.12. The third-order valence-corrected chi connectivity index (χ3v) is 7.37. The van der Waals surface area contributed by atoms with E-state index in [-0.39, 0.29) is 36.0 Å². The van der Waals surface area contributed by atoms with E-state index >= 15 is 0 Å². The van der Waals surface area contributed by atoms with Crippen LogP contribution in [0.25, 0.3) is 0 Å². The van der Waals surface area contributed by atoms with Gasteiger partial charge in [0.1, 0.15) is 11.9 Å². The first-order chi connectivity index (χ1) is 15.4. The van der Waals surface area contributed by atoms with Crippen molar-refractivity contribution in [2.24, 2.45) is 0 Å². The third-order valence-electron chi connectivity index (χ3n) is 5.70. The van der Waals surface area contributed by atoms with Crippen LogP contribution in [-0.2, 0) is 21.9 Å². The fourth-order valence-electron chi connectivity index (χ4n) is 3.77. The topological polar surface area (TPSA) is 49.4 Å². The Bertz CT molecular complexity index is 933. The van der Waals surface area contributed by atoms with Crippen LogP contribution in [0.5, 0.6) is 0 Å². The van der Waals surface area contributed by atoms with Crippen LogP contribution in [-0.4, -0.2) is 34.6 Å². The van der Waals surface area contributed by atoms with Crippen molar-refractivity contribution in [1.29, 1.82) is 0 Å². The van der Waals surface area contributed by atoms with E-state index in [4.69, 9.17) is 23.2 Å². The van der Waals surface area contributed by atoms with Gasteiger partial charge in [0.15, 0.2) is 0 Å². The molecule has 172 valence electrons. The van der Waals surface area contributed by atoms with Crippen molar-refractivity contribution in [2.75, 3.05) is 5.75 Å². The molecule has 0 aliphatic heterocycles. The van der Waals surface area contributed by atoms with Gasteiger partial charge < -0.3 is 10.2 Å². The summed E-state index contributed by atoms with van der Waals surface area (Å²) in [5, 5.41) is 3.95. The molecule has 2 aromatic carbocycles. The highest BCUT2D eigenvalue weighted by atomic mass is 35.5. The largest absolute Gasteiger partial charge is 0.352 e. The number of hydrogen-bond acceptors (Lipinski definition) is 3. The molecule has 1 fully saturated rings. The van der Waals surface area contributed by atoms with Crippen molar-refractivity contribution in [3.63, 3.8) is 0 Å². The first kappa shape index (κ1) is 24.9. The molecule has 2 amide bonds. The van der Waals surface area contributed by atoms with Crippen LogP contribution in [0.1, 0.15) is 43.7 Å². The van der Waals surface area contributed by atoms with Gasteiger partial charge in [0, 0.05) is 33.9 Å². The molecule has 1 aliphatic carbocycles. The van der Waals surface area contributed by atoms with Gasteiger partial charge in [-0.25, -0.2) is 4.39 Å². The van der Waals surface area contributed by atoms with Crippen molar-refractivity contribution >= 4 is 46.8 Å². The maximum absolute atomic E-state index is 13.9. The Balaban J connectivity index is 1.71. The fraction of sp³-hybridized carbons (Fsp3) is 0.417. The van der Waals surface area contributed by atoms with Crippen LogP contribution in [0.15, 0.2) is 42.5 Å². The average molecular weight is 497 g/mol. The lowest BCUT2D eigenvalue weighted by atomic mass is 10.1. The predicted molar refractivity (Wildman–Crippen MR) is 129 cm³/mol. The number of hydrogen-bond donors (Lipinski definition) is 1. The van der Waals surface area contributed by atoms with Crippen molar-refractivity contribution in [3.05, 3.63) is 69.5 Å². The molecule has 1 atom stereocenters. The molecule has 0 spiro atoms. The van der Waals surface area contributed by atoms with Crippen molar-refractivity contribution < 1.29 is 14.0 Å². The molecular formula is C24H27Cl2FN2O2S. The van der Waals surface area contributed by atoms with Gasteiger partial charge in [-0.05, 0) is 43.5 Å². The zero-order valence-corrected chi connectivity index (χ0v) is 20.3. The molecule has 0 radical (unpaired) electrons. The highest BCUT2D eigenvalue weighted by Gasteiger charge is 2.29. The van der Waals surface area contributed by atoms with Gasteiger partial charge >= 0.3 is 0 Å². The monoisotopic (exact) mass is 496 g/mol. The minimum Gasteiger partial charge on any atom is -0.352 e. The second-order valence-corrected chi connectivity index (χ2v) is 9.77. The number of amides is 2. The number of thioether (sulfide) groups is 1. The summed E-state index contributed by atoms with van der Waals surface area (Å²) in [5.74, 6) is -0.237. The third kappa shape index (κ3) is 6.63. The van der Waals surface area contributed by atoms with Crippen LogP contribution in [0, 0.1) is 5.82 Å². The molecule has 3 rings (SSSR count). The molecule has 0 bridgehead atoms. The zero-order chi connectivity index (χ0) is 23.1. The minimum absolute atomic E-state index is 0.109. The van der Waals surface area contributed by atoms with Gasteiger partial charge in [0.25, 0.3) is 0 Å². The molecule has 0 aromatic heterocycles. The zero-order valence-electron chi connectivity index (χ0n) is 18.0. The summed E-state index contributed by atoms with van der Waals surface area (Å²) in [4.78, 5) is 27.6. The van der Waals surface area contributed by atoms with Gasteiger partial charge in [0.05, 0.1) is 5.75 Å². The van der Waals surface area contributed by atoms with E-state index in [0.29, 0.717) is 26.9 Å². The van der Waals surface area contributed by atoms with Gasteiger partial charge in [-0.3, -0.25) is 9.59 Å². The van der Waals surface area contributed by atoms with E-state index in [1.165, 1.54) is 22.7 Å². The maximum atomic E-state index is 13.9. The molecule has 0 heterocycles. The summed E-state index contributed by atoms with van der Waals surface area (Å²) in [7, 11) is 0. The van der Waals surface area contributed by atoms with Crippen molar-refractivity contribution in [2.45, 2.75) is 57.0 Å². The lowest BCUT2D eigenvalue weighted by Crippen LogP contribution is -2.50. The number of nitrogens with zero attached hydrogens (tertiary/aromatic N) is 1. The van der Waals surface area contributed by atoms with Gasteiger partial charge in [-0.2, -0.15) is 0 Å². The van der Waals surface area contributed by atoms with Crippen LogP contribution in [0.2, 0.25) is 10.0 Å². The van der Waals surface area contributed by atoms with Crippen LogP contribution < -0.4 is 5.32 Å². The molecule has 0 saturated heterocycles. The first-order valence-corrected chi connectivity index (χ1v) is 12.6. The number of rotatable bonds is 9. The second kappa shape index (κ2) is 11.9. The van der Waals surface area contributed by atoms with Crippen molar-refractivity contribution in [1.82, 2.24) is 10.2 Å². The molecule has 1 unspecified atom stereocenters. The first-order valence-electron chi connectivity index (χ1n) is 10.7. The molecule has 4 nitrogen and oxygen atoms in total. The molecule has 1 aliphatic rings. The normalized spacial score (nSPS) is 14.9. The van der Waals surface area contributed by atoms with Crippen LogP contribution in [0.4, 0.5) is 4.39 Å². The van der Waals surface area contributed by atoms with Gasteiger partial charge in [0.2, 0.25) is 11.8 Å². The van der Waals surface area contributed by atoms with E-state index in [0.717, 1.165) is 25.7 Å². The van der Waals surface area contributed by atoms with Crippen LogP contribution in [0.3, 0.4) is 0 Å². The van der Waals surface area contributed by atoms with Gasteiger partial charge in [-0.15, -0.1) is 11.8 Å². The Labute approximate surface area is 202 Å². The van der Waals surface area contributed by atoms with E-state index in [9.17, 15) is 14.0 Å².